The number of sulfonamides is 1. The van der Waals surface area contributed by atoms with Gasteiger partial charge in [0.1, 0.15) is 18.0 Å². The minimum absolute atomic E-state index is 0.0444. The minimum Gasteiger partial charge on any atom is -0.497 e. The molecule has 3 aromatic rings. The zero-order valence-corrected chi connectivity index (χ0v) is 23.8. The third kappa shape index (κ3) is 5.92. The highest BCUT2D eigenvalue weighted by molar-refractivity contribution is 7.93. The number of aryl methyl sites for hydroxylation is 1. The molecule has 0 saturated carbocycles. The summed E-state index contributed by atoms with van der Waals surface area (Å²) in [5.74, 6) is 0.0699. The van der Waals surface area contributed by atoms with Crippen molar-refractivity contribution in [2.75, 3.05) is 56.1 Å². The molecule has 1 aliphatic rings. The molecule has 0 unspecified atom stereocenters. The predicted molar refractivity (Wildman–Crippen MR) is 152 cm³/mol. The van der Waals surface area contributed by atoms with Gasteiger partial charge in [0.05, 0.1) is 24.8 Å². The quantitative estimate of drug-likeness (QED) is 0.270. The van der Waals surface area contributed by atoms with E-state index in [2.05, 4.69) is 4.90 Å². The van der Waals surface area contributed by atoms with E-state index in [1.165, 1.54) is 44.6 Å². The number of benzene rings is 3. The Bertz CT molecular complexity index is 1530. The van der Waals surface area contributed by atoms with Gasteiger partial charge < -0.3 is 19.3 Å². The van der Waals surface area contributed by atoms with E-state index in [9.17, 15) is 23.3 Å². The molecule has 13 heteroatoms. The number of amides is 1. The Morgan fingerprint density at radius 1 is 1.02 bits per heavy atom. The van der Waals surface area contributed by atoms with Crippen molar-refractivity contribution in [3.8, 4) is 11.5 Å². The van der Waals surface area contributed by atoms with Crippen LogP contribution in [0.5, 0.6) is 11.5 Å². The zero-order valence-electron chi connectivity index (χ0n) is 22.2. The van der Waals surface area contributed by atoms with Crippen LogP contribution in [-0.4, -0.2) is 71.1 Å². The maximum absolute atomic E-state index is 13.9. The molecule has 0 radical (unpaired) electrons. The van der Waals surface area contributed by atoms with Crippen LogP contribution in [0, 0.1) is 17.0 Å². The third-order valence-corrected chi connectivity index (χ3v) is 8.75. The van der Waals surface area contributed by atoms with Crippen molar-refractivity contribution in [3.63, 3.8) is 0 Å². The van der Waals surface area contributed by atoms with Gasteiger partial charge in [0.15, 0.2) is 4.90 Å². The summed E-state index contributed by atoms with van der Waals surface area (Å²) in [6.07, 6.45) is 0. The van der Waals surface area contributed by atoms with Crippen LogP contribution in [0.15, 0.2) is 65.6 Å². The van der Waals surface area contributed by atoms with Gasteiger partial charge in [-0.1, -0.05) is 29.8 Å². The summed E-state index contributed by atoms with van der Waals surface area (Å²) in [5.41, 5.74) is 1.47. The van der Waals surface area contributed by atoms with Crippen LogP contribution in [0.2, 0.25) is 5.02 Å². The molecule has 1 aliphatic heterocycles. The summed E-state index contributed by atoms with van der Waals surface area (Å²) in [6, 6.07) is 15.1. The fourth-order valence-electron chi connectivity index (χ4n) is 4.58. The van der Waals surface area contributed by atoms with E-state index in [-0.39, 0.29) is 11.4 Å². The number of halogens is 1. The molecule has 40 heavy (non-hydrogen) atoms. The highest BCUT2D eigenvalue weighted by Gasteiger charge is 2.36. The molecule has 0 aliphatic carbocycles. The second-order valence-corrected chi connectivity index (χ2v) is 11.3. The van der Waals surface area contributed by atoms with Crippen molar-refractivity contribution in [1.82, 2.24) is 4.90 Å². The van der Waals surface area contributed by atoms with Gasteiger partial charge in [-0.25, -0.2) is 8.42 Å². The first-order valence-electron chi connectivity index (χ1n) is 12.3. The van der Waals surface area contributed by atoms with Gasteiger partial charge in [-0.3, -0.25) is 19.2 Å². The lowest BCUT2D eigenvalue weighted by atomic mass is 10.1. The number of hydrogen-bond acceptors (Lipinski definition) is 8. The summed E-state index contributed by atoms with van der Waals surface area (Å²) in [4.78, 5) is 27.6. The van der Waals surface area contributed by atoms with Gasteiger partial charge in [-0.05, 0) is 42.8 Å². The third-order valence-electron chi connectivity index (χ3n) is 6.71. The predicted octanol–water partition coefficient (Wildman–Crippen LogP) is 4.12. The standard InChI is InChI=1S/C27H29ClN4O7S/c1-19-8-9-20(28)16-24(19)29-12-14-30(15-13-29)27(33)18-31(22-11-10-21(38-2)17-25(22)39-3)40(36,37)26-7-5-4-6-23(26)32(34)35/h4-11,16-17H,12-15,18H2,1-3H3. The maximum Gasteiger partial charge on any atom is 0.289 e. The maximum atomic E-state index is 13.9. The molecule has 1 fully saturated rings. The number of nitro groups is 1. The van der Waals surface area contributed by atoms with E-state index in [0.717, 1.165) is 27.7 Å². The average molecular weight is 589 g/mol. The molecule has 0 aromatic heterocycles. The molecule has 11 nitrogen and oxygen atoms in total. The van der Waals surface area contributed by atoms with E-state index in [4.69, 9.17) is 21.1 Å². The lowest BCUT2D eigenvalue weighted by molar-refractivity contribution is -0.387. The van der Waals surface area contributed by atoms with Crippen LogP contribution in [0.3, 0.4) is 0 Å². The number of nitrogens with zero attached hydrogens (tertiary/aromatic N) is 4. The molecule has 212 valence electrons. The number of para-hydroxylation sites is 1. The van der Waals surface area contributed by atoms with E-state index in [0.29, 0.717) is 37.0 Å². The number of carbonyl (C=O) groups is 1. The molecule has 1 heterocycles. The second kappa shape index (κ2) is 12.0. The van der Waals surface area contributed by atoms with Crippen molar-refractivity contribution in [2.24, 2.45) is 0 Å². The summed E-state index contributed by atoms with van der Waals surface area (Å²) in [5, 5.41) is 12.3. The smallest absolute Gasteiger partial charge is 0.289 e. The first-order valence-corrected chi connectivity index (χ1v) is 14.2. The number of ether oxygens (including phenoxy) is 2. The number of piperazine rings is 1. The lowest BCUT2D eigenvalue weighted by Gasteiger charge is -2.37. The number of rotatable bonds is 9. The van der Waals surface area contributed by atoms with Gasteiger partial charge in [0.25, 0.3) is 15.7 Å². The minimum atomic E-state index is -4.58. The summed E-state index contributed by atoms with van der Waals surface area (Å²) < 4.78 is 39.4. The SMILES string of the molecule is COc1ccc(N(CC(=O)N2CCN(c3cc(Cl)ccc3C)CC2)S(=O)(=O)c2ccccc2[N+](=O)[O-])c(OC)c1. The highest BCUT2D eigenvalue weighted by atomic mass is 35.5. The Morgan fingerprint density at radius 3 is 2.38 bits per heavy atom. The fourth-order valence-corrected chi connectivity index (χ4v) is 6.33. The van der Waals surface area contributed by atoms with E-state index in [1.807, 2.05) is 25.1 Å². The Kier molecular flexibility index (Phi) is 8.70. The van der Waals surface area contributed by atoms with Crippen molar-refractivity contribution in [3.05, 3.63) is 81.4 Å². The summed E-state index contributed by atoms with van der Waals surface area (Å²) in [7, 11) is -1.78. The number of anilines is 2. The molecule has 3 aromatic carbocycles. The molecule has 0 atom stereocenters. The van der Waals surface area contributed by atoms with E-state index in [1.54, 1.807) is 4.90 Å². The normalized spacial score (nSPS) is 13.6. The van der Waals surface area contributed by atoms with Crippen LogP contribution in [-0.2, 0) is 14.8 Å². The fraction of sp³-hybridized carbons (Fsp3) is 0.296. The Hall–Kier alpha value is -4.03. The Balaban J connectivity index is 1.66. The number of nitro benzene ring substituents is 1. The summed E-state index contributed by atoms with van der Waals surface area (Å²) >= 11 is 6.18. The molecule has 0 spiro atoms. The van der Waals surface area contributed by atoms with Gasteiger partial charge in [-0.15, -0.1) is 0 Å². The summed E-state index contributed by atoms with van der Waals surface area (Å²) in [6.45, 7) is 3.14. The monoisotopic (exact) mass is 588 g/mol. The van der Waals surface area contributed by atoms with Crippen LogP contribution in [0.25, 0.3) is 0 Å². The molecule has 4 rings (SSSR count). The number of hydrogen-bond donors (Lipinski definition) is 0. The Labute approximate surface area is 237 Å². The van der Waals surface area contributed by atoms with Crippen LogP contribution in [0.4, 0.5) is 17.1 Å². The first kappa shape index (κ1) is 29.0. The number of methoxy groups -OCH3 is 2. The van der Waals surface area contributed by atoms with Crippen LogP contribution < -0.4 is 18.7 Å². The topological polar surface area (TPSA) is 123 Å². The molecule has 1 saturated heterocycles. The largest absolute Gasteiger partial charge is 0.497 e. The molecule has 0 bridgehead atoms. The molecular formula is C27H29ClN4O7S. The zero-order chi connectivity index (χ0) is 29.0. The molecule has 0 N–H and O–H groups in total. The van der Waals surface area contributed by atoms with Gasteiger partial charge >= 0.3 is 0 Å². The average Bonchev–Trinajstić information content (AvgIpc) is 2.96. The van der Waals surface area contributed by atoms with Gasteiger partial charge in [0, 0.05) is 49.0 Å². The van der Waals surface area contributed by atoms with E-state index < -0.39 is 38.0 Å². The van der Waals surface area contributed by atoms with Crippen LogP contribution >= 0.6 is 11.6 Å². The van der Waals surface area contributed by atoms with E-state index >= 15 is 0 Å². The first-order chi connectivity index (χ1) is 19.1. The van der Waals surface area contributed by atoms with Gasteiger partial charge in [-0.2, -0.15) is 0 Å². The lowest BCUT2D eigenvalue weighted by Crippen LogP contribution is -2.52. The van der Waals surface area contributed by atoms with Crippen molar-refractivity contribution in [2.45, 2.75) is 11.8 Å². The Morgan fingerprint density at radius 2 is 1.73 bits per heavy atom. The number of carbonyl (C=O) groups excluding carboxylic acids is 1. The highest BCUT2D eigenvalue weighted by Crippen LogP contribution is 2.37. The van der Waals surface area contributed by atoms with Crippen LogP contribution in [0.1, 0.15) is 5.56 Å². The second-order valence-electron chi connectivity index (χ2n) is 9.07. The van der Waals surface area contributed by atoms with Gasteiger partial charge in [0.2, 0.25) is 5.91 Å². The van der Waals surface area contributed by atoms with Crippen molar-refractivity contribution >= 4 is 44.6 Å². The molecule has 1 amide bonds. The van der Waals surface area contributed by atoms with Crippen molar-refractivity contribution < 1.29 is 27.6 Å². The molecular weight excluding hydrogens is 560 g/mol. The van der Waals surface area contributed by atoms with Crippen molar-refractivity contribution in [1.29, 1.82) is 0 Å².